The summed E-state index contributed by atoms with van der Waals surface area (Å²) < 4.78 is 2.23. The summed E-state index contributed by atoms with van der Waals surface area (Å²) in [5.74, 6) is 0. The van der Waals surface area contributed by atoms with E-state index in [1.54, 1.807) is 0 Å². The molecule has 0 saturated carbocycles. The topological polar surface area (TPSA) is 15.3 Å². The maximum absolute atomic E-state index is 6.01. The van der Waals surface area contributed by atoms with Crippen molar-refractivity contribution in [2.24, 2.45) is 0 Å². The normalized spacial score (nSPS) is 23.4. The first-order valence-electron chi connectivity index (χ1n) is 3.67. The lowest BCUT2D eigenvalue weighted by atomic mass is 10.3. The Bertz CT molecular complexity index is 129. The molecule has 1 aliphatic heterocycles. The molecule has 0 bridgehead atoms. The minimum Gasteiger partial charge on any atom is -0.390 e. The van der Waals surface area contributed by atoms with Crippen LogP contribution in [0.2, 0.25) is 0 Å². The summed E-state index contributed by atoms with van der Waals surface area (Å²) in [6.07, 6.45) is 6.48. The molecule has 0 saturated heterocycles. The molecule has 0 spiro atoms. The summed E-state index contributed by atoms with van der Waals surface area (Å²) in [6.45, 7) is 3.30. The second kappa shape index (κ2) is 3.88. The molecule has 0 aromatic rings. The molecule has 1 unspecified atom stereocenters. The van der Waals surface area contributed by atoms with Crippen molar-refractivity contribution in [3.63, 3.8) is 0 Å². The molecule has 2 nitrogen and oxygen atoms in total. The van der Waals surface area contributed by atoms with Crippen molar-refractivity contribution in [3.8, 4) is 0 Å². The lowest BCUT2D eigenvalue weighted by Crippen LogP contribution is -2.35. The average molecular weight is 177 g/mol. The number of rotatable bonds is 3. The van der Waals surface area contributed by atoms with Gasteiger partial charge in [0.25, 0.3) is 0 Å². The monoisotopic (exact) mass is 176 g/mol. The van der Waals surface area contributed by atoms with Gasteiger partial charge in [0.2, 0.25) is 0 Å². The molecule has 0 aromatic heterocycles. The Hall–Kier alpha value is -0.153. The Kier molecular flexibility index (Phi) is 3.09. The minimum atomic E-state index is -1.25. The number of hydrogen-bond donors (Lipinski definition) is 1. The SMILES string of the molecule is CCCCN1C=CN[SiH]1Cl. The van der Waals surface area contributed by atoms with Crippen LogP contribution in [0.5, 0.6) is 0 Å². The third kappa shape index (κ3) is 1.92. The van der Waals surface area contributed by atoms with Crippen LogP contribution in [0.25, 0.3) is 0 Å². The van der Waals surface area contributed by atoms with Crippen LogP contribution in [0.15, 0.2) is 12.4 Å². The molecule has 0 fully saturated rings. The van der Waals surface area contributed by atoms with Gasteiger partial charge in [-0.1, -0.05) is 13.3 Å². The highest BCUT2D eigenvalue weighted by Gasteiger charge is 2.16. The summed E-state index contributed by atoms with van der Waals surface area (Å²) in [7, 11) is -1.25. The first kappa shape index (κ1) is 7.95. The third-order valence-corrected chi connectivity index (χ3v) is 4.17. The first-order valence-corrected chi connectivity index (χ1v) is 6.51. The van der Waals surface area contributed by atoms with Crippen molar-refractivity contribution in [2.75, 3.05) is 6.54 Å². The highest BCUT2D eigenvalue weighted by atomic mass is 35.6. The lowest BCUT2D eigenvalue weighted by molar-refractivity contribution is 0.555. The Morgan fingerprint density at radius 3 is 3.00 bits per heavy atom. The fraction of sp³-hybridized carbons (Fsp3) is 0.667. The first-order chi connectivity index (χ1) is 4.84. The van der Waals surface area contributed by atoms with Gasteiger partial charge in [0.05, 0.1) is 0 Å². The summed E-state index contributed by atoms with van der Waals surface area (Å²) >= 11 is 6.01. The van der Waals surface area contributed by atoms with Crippen LogP contribution >= 0.6 is 11.1 Å². The number of nitrogens with zero attached hydrogens (tertiary/aromatic N) is 1. The molecule has 1 rings (SSSR count). The van der Waals surface area contributed by atoms with Crippen molar-refractivity contribution >= 4 is 19.5 Å². The Morgan fingerprint density at radius 1 is 1.70 bits per heavy atom. The fourth-order valence-electron chi connectivity index (χ4n) is 0.918. The maximum atomic E-state index is 6.01. The predicted molar refractivity (Wildman–Crippen MR) is 46.9 cm³/mol. The van der Waals surface area contributed by atoms with E-state index in [9.17, 15) is 0 Å². The molecule has 0 amide bonds. The zero-order chi connectivity index (χ0) is 7.40. The van der Waals surface area contributed by atoms with Gasteiger partial charge < -0.3 is 9.55 Å². The standard InChI is InChI=1S/C6H13ClN2Si/c1-2-3-5-9-6-4-8-10(9)7/h4,6,8,10H,2-3,5H2,1H3. The number of unbranched alkanes of at least 4 members (excludes halogenated alkanes) is 1. The predicted octanol–water partition coefficient (Wildman–Crippen LogP) is 1.12. The van der Waals surface area contributed by atoms with Crippen LogP contribution in [0.1, 0.15) is 19.8 Å². The van der Waals surface area contributed by atoms with Crippen LogP contribution in [0, 0.1) is 0 Å². The van der Waals surface area contributed by atoms with E-state index in [1.165, 1.54) is 12.8 Å². The Morgan fingerprint density at radius 2 is 2.50 bits per heavy atom. The van der Waals surface area contributed by atoms with E-state index in [0.717, 1.165) is 6.54 Å². The molecule has 58 valence electrons. The maximum Gasteiger partial charge on any atom is 0.346 e. The van der Waals surface area contributed by atoms with E-state index in [2.05, 4.69) is 22.7 Å². The third-order valence-electron chi connectivity index (χ3n) is 1.56. The summed E-state index contributed by atoms with van der Waals surface area (Å²) in [5, 5.41) is 0. The van der Waals surface area contributed by atoms with Gasteiger partial charge in [0.1, 0.15) is 0 Å². The Balaban J connectivity index is 2.20. The Labute approximate surface area is 68.3 Å². The van der Waals surface area contributed by atoms with E-state index >= 15 is 0 Å². The molecule has 1 aliphatic rings. The average Bonchev–Trinajstić information content (AvgIpc) is 2.31. The smallest absolute Gasteiger partial charge is 0.346 e. The van der Waals surface area contributed by atoms with Gasteiger partial charge in [-0.25, -0.2) is 0 Å². The highest BCUT2D eigenvalue weighted by Crippen LogP contribution is 2.05. The second-order valence-corrected chi connectivity index (χ2v) is 5.32. The van der Waals surface area contributed by atoms with Crippen LogP contribution in [0.4, 0.5) is 0 Å². The van der Waals surface area contributed by atoms with Gasteiger partial charge >= 0.3 is 8.43 Å². The van der Waals surface area contributed by atoms with Gasteiger partial charge in [-0.3, -0.25) is 0 Å². The van der Waals surface area contributed by atoms with Gasteiger partial charge in [0, 0.05) is 18.9 Å². The molecule has 10 heavy (non-hydrogen) atoms. The van der Waals surface area contributed by atoms with Crippen LogP contribution in [0.3, 0.4) is 0 Å². The van der Waals surface area contributed by atoms with Gasteiger partial charge in [0.15, 0.2) is 0 Å². The van der Waals surface area contributed by atoms with Gasteiger partial charge in [-0.05, 0) is 6.42 Å². The van der Waals surface area contributed by atoms with Crippen LogP contribution in [-0.2, 0) is 0 Å². The van der Waals surface area contributed by atoms with E-state index < -0.39 is 8.43 Å². The summed E-state index contributed by atoms with van der Waals surface area (Å²) in [4.78, 5) is 3.13. The highest BCUT2D eigenvalue weighted by molar-refractivity contribution is 7.04. The van der Waals surface area contributed by atoms with Crippen LogP contribution < -0.4 is 4.98 Å². The molecule has 0 aromatic carbocycles. The zero-order valence-corrected chi connectivity index (χ0v) is 8.09. The number of halogens is 1. The van der Waals surface area contributed by atoms with E-state index in [-0.39, 0.29) is 0 Å². The molecule has 1 heterocycles. The largest absolute Gasteiger partial charge is 0.390 e. The van der Waals surface area contributed by atoms with Gasteiger partial charge in [-0.2, -0.15) is 0 Å². The van der Waals surface area contributed by atoms with Crippen molar-refractivity contribution in [2.45, 2.75) is 19.8 Å². The van der Waals surface area contributed by atoms with E-state index in [1.807, 2.05) is 6.20 Å². The molecule has 4 heteroatoms. The molecule has 1 N–H and O–H groups in total. The molecular weight excluding hydrogens is 164 g/mol. The quantitative estimate of drug-likeness (QED) is 0.512. The second-order valence-electron chi connectivity index (χ2n) is 2.41. The zero-order valence-electron chi connectivity index (χ0n) is 6.18. The molecule has 0 aliphatic carbocycles. The van der Waals surface area contributed by atoms with E-state index in [0.29, 0.717) is 0 Å². The lowest BCUT2D eigenvalue weighted by Gasteiger charge is -2.17. The number of nitrogens with one attached hydrogen (secondary N) is 1. The van der Waals surface area contributed by atoms with Crippen molar-refractivity contribution in [1.29, 1.82) is 0 Å². The molecule has 1 atom stereocenters. The fourth-order valence-corrected chi connectivity index (χ4v) is 2.71. The van der Waals surface area contributed by atoms with Crippen molar-refractivity contribution in [1.82, 2.24) is 9.55 Å². The van der Waals surface area contributed by atoms with Crippen LogP contribution in [-0.4, -0.2) is 19.5 Å². The number of hydrogen-bond acceptors (Lipinski definition) is 2. The summed E-state index contributed by atoms with van der Waals surface area (Å²) in [6, 6.07) is 0. The minimum absolute atomic E-state index is 1.11. The van der Waals surface area contributed by atoms with E-state index in [4.69, 9.17) is 11.1 Å². The van der Waals surface area contributed by atoms with Crippen molar-refractivity contribution < 1.29 is 0 Å². The summed E-state index contributed by atoms with van der Waals surface area (Å²) in [5.41, 5.74) is 0. The van der Waals surface area contributed by atoms with Crippen molar-refractivity contribution in [3.05, 3.63) is 12.4 Å². The molecular formula is C6H13ClN2Si. The molecule has 0 radical (unpaired) electrons. The van der Waals surface area contributed by atoms with Gasteiger partial charge in [-0.15, -0.1) is 11.1 Å².